The zero-order chi connectivity index (χ0) is 25.4. The molecule has 8 atom stereocenters. The lowest BCUT2D eigenvalue weighted by molar-refractivity contribution is -0.0240. The largest absolute Gasteiger partial charge is 0.458 e. The number of allylic oxidation sites excluding steroid dienone is 1. The number of benzene rings is 1. The van der Waals surface area contributed by atoms with Gasteiger partial charge in [0.25, 0.3) is 0 Å². The Hall–Kier alpha value is -1.77. The monoisotopic (exact) mass is 491 g/mol. The highest BCUT2D eigenvalue weighted by atomic mass is 16.5. The Morgan fingerprint density at radius 3 is 2.50 bits per heavy atom. The van der Waals surface area contributed by atoms with Crippen molar-refractivity contribution in [3.8, 4) is 0 Å². The van der Waals surface area contributed by atoms with Gasteiger partial charge in [0.2, 0.25) is 0 Å². The third-order valence-corrected chi connectivity index (χ3v) is 11.0. The normalized spacial score (nSPS) is 36.4. The van der Waals surface area contributed by atoms with E-state index in [0.29, 0.717) is 16.7 Å². The topological polar surface area (TPSA) is 52.3 Å². The summed E-state index contributed by atoms with van der Waals surface area (Å²) in [6.07, 6.45) is 16.9. The van der Waals surface area contributed by atoms with E-state index in [1.165, 1.54) is 51.4 Å². The summed E-state index contributed by atoms with van der Waals surface area (Å²) in [5.74, 6) is 6.09. The number of nitrogen functional groups attached to an aromatic ring is 1. The Morgan fingerprint density at radius 1 is 1.00 bits per heavy atom. The van der Waals surface area contributed by atoms with Crippen LogP contribution in [0.25, 0.3) is 0 Å². The second-order valence-electron chi connectivity index (χ2n) is 13.5. The van der Waals surface area contributed by atoms with Crippen LogP contribution in [0.1, 0.15) is 109 Å². The van der Waals surface area contributed by atoms with Gasteiger partial charge in [-0.05, 0) is 116 Å². The van der Waals surface area contributed by atoms with Crippen LogP contribution in [0.5, 0.6) is 0 Å². The highest BCUT2D eigenvalue weighted by Crippen LogP contribution is 2.63. The number of carbonyl (C=O) groups excluding carboxylic acids is 1. The van der Waals surface area contributed by atoms with Crippen molar-refractivity contribution in [2.45, 2.75) is 104 Å². The number of nitrogens with two attached hydrogens (primary N) is 1. The van der Waals surface area contributed by atoms with E-state index >= 15 is 0 Å². The van der Waals surface area contributed by atoms with Crippen LogP contribution in [0.15, 0.2) is 35.9 Å². The second-order valence-corrected chi connectivity index (χ2v) is 13.5. The zero-order valence-electron chi connectivity index (χ0n) is 23.2. The second kappa shape index (κ2) is 10.5. The quantitative estimate of drug-likeness (QED) is 0.236. The minimum Gasteiger partial charge on any atom is -0.458 e. The van der Waals surface area contributed by atoms with Crippen LogP contribution >= 0.6 is 0 Å². The number of esters is 1. The molecule has 1 aromatic rings. The highest BCUT2D eigenvalue weighted by molar-refractivity contribution is 5.89. The summed E-state index contributed by atoms with van der Waals surface area (Å²) in [7, 11) is 0. The predicted molar refractivity (Wildman–Crippen MR) is 148 cm³/mol. The predicted octanol–water partition coefficient (Wildman–Crippen LogP) is 8.45. The number of ether oxygens (including phenoxy) is 1. The molecule has 0 heterocycles. The molecule has 0 bridgehead atoms. The lowest BCUT2D eigenvalue weighted by Crippen LogP contribution is -2.48. The standard InChI is InChI=1S/C33H49NO2/c1-21(2)6-5-7-22(3)27-14-15-29-28(27)16-17-31-30(29)13-10-24-20-26(18-19-33(24,31)4)36-32(35)23-8-11-25(34)12-9-23/h8-12,21-22,26-31H,5-7,13-20,34H2,1-4H3/t22-,26+,27-,28-,29-,30+,31+,33+/m1/s1. The lowest BCUT2D eigenvalue weighted by atomic mass is 9.50. The fourth-order valence-corrected chi connectivity index (χ4v) is 9.03. The molecule has 4 aliphatic rings. The molecule has 0 aromatic heterocycles. The fraction of sp³-hybridized carbons (Fsp3) is 0.727. The van der Waals surface area contributed by atoms with Gasteiger partial charge >= 0.3 is 5.97 Å². The Labute approximate surface area is 219 Å². The summed E-state index contributed by atoms with van der Waals surface area (Å²) >= 11 is 0. The molecule has 0 radical (unpaired) electrons. The van der Waals surface area contributed by atoms with Gasteiger partial charge in [-0.25, -0.2) is 4.79 Å². The molecule has 0 spiro atoms. The van der Waals surface area contributed by atoms with Crippen molar-refractivity contribution >= 4 is 11.7 Å². The average molecular weight is 492 g/mol. The molecule has 4 aliphatic carbocycles. The molecule has 0 unspecified atom stereocenters. The van der Waals surface area contributed by atoms with E-state index in [9.17, 15) is 4.79 Å². The van der Waals surface area contributed by atoms with E-state index in [-0.39, 0.29) is 12.1 Å². The van der Waals surface area contributed by atoms with Gasteiger partial charge in [-0.2, -0.15) is 0 Å². The first-order valence-electron chi connectivity index (χ1n) is 15.0. The van der Waals surface area contributed by atoms with Gasteiger partial charge < -0.3 is 10.5 Å². The van der Waals surface area contributed by atoms with E-state index in [1.807, 2.05) is 0 Å². The van der Waals surface area contributed by atoms with Crippen LogP contribution in [0.2, 0.25) is 0 Å². The van der Waals surface area contributed by atoms with Gasteiger partial charge in [0, 0.05) is 12.1 Å². The van der Waals surface area contributed by atoms with E-state index < -0.39 is 0 Å². The van der Waals surface area contributed by atoms with Crippen molar-refractivity contribution in [1.29, 1.82) is 0 Å². The van der Waals surface area contributed by atoms with Crippen molar-refractivity contribution in [3.63, 3.8) is 0 Å². The van der Waals surface area contributed by atoms with Crippen LogP contribution in [-0.4, -0.2) is 12.1 Å². The summed E-state index contributed by atoms with van der Waals surface area (Å²) in [5, 5.41) is 0. The molecule has 0 aliphatic heterocycles. The molecule has 3 saturated carbocycles. The van der Waals surface area contributed by atoms with E-state index in [4.69, 9.17) is 10.5 Å². The number of fused-ring (bicyclic) bond motifs is 5. The van der Waals surface area contributed by atoms with Crippen LogP contribution in [0, 0.1) is 46.8 Å². The third-order valence-electron chi connectivity index (χ3n) is 11.0. The minimum atomic E-state index is -0.210. The molecular weight excluding hydrogens is 442 g/mol. The van der Waals surface area contributed by atoms with Gasteiger partial charge in [0.1, 0.15) is 6.10 Å². The van der Waals surface area contributed by atoms with E-state index in [1.54, 1.807) is 29.8 Å². The molecule has 0 amide bonds. The fourth-order valence-electron chi connectivity index (χ4n) is 9.03. The lowest BCUT2D eigenvalue weighted by Gasteiger charge is -2.55. The summed E-state index contributed by atoms with van der Waals surface area (Å²) in [6, 6.07) is 7.09. The summed E-state index contributed by atoms with van der Waals surface area (Å²) in [6.45, 7) is 9.84. The SMILES string of the molecule is CC(C)CCC[C@@H](C)[C@H]1CC[C@@H]2[C@@H]1CC[C@H]1[C@H]2CC=C2C[C@@H](OC(=O)c3ccc(N)cc3)CC[C@@]21C. The van der Waals surface area contributed by atoms with Gasteiger partial charge in [-0.1, -0.05) is 58.6 Å². The molecule has 1 aromatic carbocycles. The van der Waals surface area contributed by atoms with Gasteiger partial charge in [0.05, 0.1) is 5.56 Å². The smallest absolute Gasteiger partial charge is 0.338 e. The van der Waals surface area contributed by atoms with E-state index in [0.717, 1.165) is 60.7 Å². The number of rotatable bonds is 7. The number of hydrogen-bond acceptors (Lipinski definition) is 3. The molecule has 3 fully saturated rings. The molecule has 198 valence electrons. The summed E-state index contributed by atoms with van der Waals surface area (Å²) in [5.41, 5.74) is 8.94. The average Bonchev–Trinajstić information content (AvgIpc) is 3.29. The number of hydrogen-bond donors (Lipinski definition) is 1. The third kappa shape index (κ3) is 5.01. The summed E-state index contributed by atoms with van der Waals surface area (Å²) in [4.78, 5) is 12.7. The summed E-state index contributed by atoms with van der Waals surface area (Å²) < 4.78 is 5.98. The molecule has 36 heavy (non-hydrogen) atoms. The molecule has 0 saturated heterocycles. The first-order chi connectivity index (χ1) is 17.3. The number of carbonyl (C=O) groups is 1. The molecule has 3 nitrogen and oxygen atoms in total. The van der Waals surface area contributed by atoms with Crippen LogP contribution in [-0.2, 0) is 4.74 Å². The van der Waals surface area contributed by atoms with E-state index in [2.05, 4.69) is 33.8 Å². The van der Waals surface area contributed by atoms with Crippen LogP contribution < -0.4 is 5.73 Å². The van der Waals surface area contributed by atoms with Gasteiger partial charge in [-0.3, -0.25) is 0 Å². The van der Waals surface area contributed by atoms with Crippen molar-refractivity contribution in [2.75, 3.05) is 5.73 Å². The molecule has 5 rings (SSSR count). The first kappa shape index (κ1) is 25.9. The van der Waals surface area contributed by atoms with Crippen LogP contribution in [0.3, 0.4) is 0 Å². The molecule has 2 N–H and O–H groups in total. The Morgan fingerprint density at radius 2 is 1.75 bits per heavy atom. The highest BCUT2D eigenvalue weighted by Gasteiger charge is 2.54. The molecular formula is C33H49NO2. The van der Waals surface area contributed by atoms with Crippen molar-refractivity contribution in [2.24, 2.45) is 46.8 Å². The van der Waals surface area contributed by atoms with Gasteiger partial charge in [-0.15, -0.1) is 0 Å². The molecule has 3 heteroatoms. The van der Waals surface area contributed by atoms with Gasteiger partial charge in [0.15, 0.2) is 0 Å². The van der Waals surface area contributed by atoms with Crippen LogP contribution in [0.4, 0.5) is 5.69 Å². The first-order valence-corrected chi connectivity index (χ1v) is 15.0. The maximum atomic E-state index is 12.7. The van der Waals surface area contributed by atoms with Crippen molar-refractivity contribution < 1.29 is 9.53 Å². The minimum absolute atomic E-state index is 0.00446. The number of anilines is 1. The Bertz CT molecular complexity index is 949. The maximum Gasteiger partial charge on any atom is 0.338 e. The Balaban J connectivity index is 1.22. The Kier molecular flexibility index (Phi) is 7.57. The van der Waals surface area contributed by atoms with Crippen molar-refractivity contribution in [3.05, 3.63) is 41.5 Å². The zero-order valence-corrected chi connectivity index (χ0v) is 23.2. The maximum absolute atomic E-state index is 12.7. The van der Waals surface area contributed by atoms with Crippen molar-refractivity contribution in [1.82, 2.24) is 0 Å².